The van der Waals surface area contributed by atoms with Crippen LogP contribution in [0.3, 0.4) is 0 Å². The summed E-state index contributed by atoms with van der Waals surface area (Å²) in [5, 5.41) is 3.87. The predicted molar refractivity (Wildman–Crippen MR) is 89.2 cm³/mol. The molecule has 1 aromatic heterocycles. The Morgan fingerprint density at radius 3 is 2.62 bits per heavy atom. The molecule has 24 heavy (non-hydrogen) atoms. The van der Waals surface area contributed by atoms with E-state index in [1.54, 1.807) is 17.5 Å². The Bertz CT molecular complexity index is 739. The zero-order valence-electron chi connectivity index (χ0n) is 13.3. The molecule has 0 aliphatic heterocycles. The first-order valence-electron chi connectivity index (χ1n) is 7.19. The van der Waals surface area contributed by atoms with Gasteiger partial charge in [0.15, 0.2) is 13.2 Å². The molecule has 1 heterocycles. The molecule has 0 aliphatic rings. The number of thiophene rings is 1. The third-order valence-corrected chi connectivity index (χ3v) is 3.92. The molecule has 2 amide bonds. The smallest absolute Gasteiger partial charge is 0.344 e. The molecule has 0 radical (unpaired) electrons. The zero-order valence-corrected chi connectivity index (χ0v) is 14.1. The first kappa shape index (κ1) is 17.7. The first-order valence-corrected chi connectivity index (χ1v) is 8.07. The molecule has 0 spiro atoms. The van der Waals surface area contributed by atoms with E-state index in [4.69, 9.17) is 9.47 Å². The predicted octanol–water partition coefficient (Wildman–Crippen LogP) is 2.24. The minimum Gasteiger partial charge on any atom is -0.482 e. The van der Waals surface area contributed by atoms with Crippen molar-refractivity contribution in [2.75, 3.05) is 13.2 Å². The van der Waals surface area contributed by atoms with Gasteiger partial charge in [0.25, 0.3) is 11.8 Å². The number of carbonyl (C=O) groups excluding carboxylic acids is 3. The van der Waals surface area contributed by atoms with Crippen molar-refractivity contribution < 1.29 is 23.9 Å². The molecule has 0 saturated heterocycles. The van der Waals surface area contributed by atoms with Crippen LogP contribution in [0.1, 0.15) is 20.8 Å². The highest BCUT2D eigenvalue weighted by molar-refractivity contribution is 7.12. The lowest BCUT2D eigenvalue weighted by Gasteiger charge is -2.09. The molecular weight excluding hydrogens is 330 g/mol. The van der Waals surface area contributed by atoms with Crippen LogP contribution in [-0.2, 0) is 14.3 Å². The van der Waals surface area contributed by atoms with Gasteiger partial charge in [0.1, 0.15) is 5.75 Å². The summed E-state index contributed by atoms with van der Waals surface area (Å²) in [4.78, 5) is 35.3. The lowest BCUT2D eigenvalue weighted by atomic mass is 10.1. The van der Waals surface area contributed by atoms with Gasteiger partial charge in [0.05, 0.1) is 4.88 Å². The van der Waals surface area contributed by atoms with Crippen LogP contribution in [0.2, 0.25) is 0 Å². The Labute approximate surface area is 143 Å². The maximum absolute atomic E-state index is 11.7. The van der Waals surface area contributed by atoms with E-state index in [2.05, 4.69) is 5.32 Å². The zero-order chi connectivity index (χ0) is 17.5. The van der Waals surface area contributed by atoms with Gasteiger partial charge < -0.3 is 9.47 Å². The second kappa shape index (κ2) is 8.26. The summed E-state index contributed by atoms with van der Waals surface area (Å²) in [6, 6.07) is 8.94. The molecule has 126 valence electrons. The van der Waals surface area contributed by atoms with Gasteiger partial charge in [0, 0.05) is 0 Å². The van der Waals surface area contributed by atoms with E-state index in [9.17, 15) is 14.4 Å². The van der Waals surface area contributed by atoms with Crippen molar-refractivity contribution in [1.29, 1.82) is 0 Å². The summed E-state index contributed by atoms with van der Waals surface area (Å²) < 4.78 is 10.2. The van der Waals surface area contributed by atoms with Crippen LogP contribution in [-0.4, -0.2) is 31.0 Å². The number of amides is 2. The minimum atomic E-state index is -0.687. The van der Waals surface area contributed by atoms with Crippen molar-refractivity contribution >= 4 is 29.1 Å². The van der Waals surface area contributed by atoms with E-state index in [1.165, 1.54) is 11.3 Å². The van der Waals surface area contributed by atoms with E-state index < -0.39 is 24.4 Å². The van der Waals surface area contributed by atoms with Crippen LogP contribution in [0.4, 0.5) is 0 Å². The average Bonchev–Trinajstić information content (AvgIpc) is 3.08. The number of hydrogen-bond acceptors (Lipinski definition) is 6. The van der Waals surface area contributed by atoms with E-state index >= 15 is 0 Å². The molecule has 2 aromatic rings. The third kappa shape index (κ3) is 5.20. The van der Waals surface area contributed by atoms with E-state index in [-0.39, 0.29) is 6.61 Å². The number of benzene rings is 1. The van der Waals surface area contributed by atoms with Crippen LogP contribution < -0.4 is 10.1 Å². The number of rotatable bonds is 6. The number of aryl methyl sites for hydroxylation is 2. The van der Waals surface area contributed by atoms with E-state index in [0.717, 1.165) is 11.1 Å². The van der Waals surface area contributed by atoms with E-state index in [1.807, 2.05) is 32.0 Å². The molecular formula is C17H17NO5S. The lowest BCUT2D eigenvalue weighted by Crippen LogP contribution is -2.34. The number of ether oxygens (including phenoxy) is 2. The van der Waals surface area contributed by atoms with Crippen molar-refractivity contribution in [3.63, 3.8) is 0 Å². The van der Waals surface area contributed by atoms with Crippen molar-refractivity contribution in [2.24, 2.45) is 0 Å². The highest BCUT2D eigenvalue weighted by Gasteiger charge is 2.13. The molecule has 0 unspecified atom stereocenters. The Morgan fingerprint density at radius 1 is 1.12 bits per heavy atom. The van der Waals surface area contributed by atoms with Crippen molar-refractivity contribution in [2.45, 2.75) is 13.8 Å². The number of esters is 1. The minimum absolute atomic E-state index is 0.309. The van der Waals surface area contributed by atoms with Gasteiger partial charge in [-0.1, -0.05) is 18.2 Å². The van der Waals surface area contributed by atoms with Crippen molar-refractivity contribution in [1.82, 2.24) is 5.32 Å². The molecule has 0 aliphatic carbocycles. The van der Waals surface area contributed by atoms with Crippen LogP contribution in [0, 0.1) is 13.8 Å². The van der Waals surface area contributed by atoms with Crippen LogP contribution >= 0.6 is 11.3 Å². The van der Waals surface area contributed by atoms with Gasteiger partial charge >= 0.3 is 5.97 Å². The van der Waals surface area contributed by atoms with Gasteiger partial charge in [0.2, 0.25) is 0 Å². The summed E-state index contributed by atoms with van der Waals surface area (Å²) in [5.74, 6) is -1.30. The van der Waals surface area contributed by atoms with Gasteiger partial charge in [-0.2, -0.15) is 0 Å². The fourth-order valence-corrected chi connectivity index (χ4v) is 2.44. The fraction of sp³-hybridized carbons (Fsp3) is 0.235. The van der Waals surface area contributed by atoms with Crippen LogP contribution in [0.15, 0.2) is 35.7 Å². The van der Waals surface area contributed by atoms with Gasteiger partial charge in [-0.3, -0.25) is 14.9 Å². The maximum Gasteiger partial charge on any atom is 0.344 e. The standard InChI is InChI=1S/C17H17NO5S/c1-11-5-6-12(2)13(8-11)22-10-16(20)23-9-15(19)18-17(21)14-4-3-7-24-14/h3-8H,9-10H2,1-2H3,(H,18,19,21). The van der Waals surface area contributed by atoms with Gasteiger partial charge in [-0.15, -0.1) is 11.3 Å². The summed E-state index contributed by atoms with van der Waals surface area (Å²) in [6.07, 6.45) is 0. The Balaban J connectivity index is 1.73. The quantitative estimate of drug-likeness (QED) is 0.811. The van der Waals surface area contributed by atoms with Crippen molar-refractivity contribution in [3.05, 3.63) is 51.7 Å². The Hall–Kier alpha value is -2.67. The summed E-state index contributed by atoms with van der Waals surface area (Å²) in [5.41, 5.74) is 1.91. The molecule has 1 N–H and O–H groups in total. The average molecular weight is 347 g/mol. The molecule has 1 aromatic carbocycles. The Kier molecular flexibility index (Phi) is 6.08. The highest BCUT2D eigenvalue weighted by Crippen LogP contribution is 2.18. The largest absolute Gasteiger partial charge is 0.482 e. The third-order valence-electron chi connectivity index (χ3n) is 3.05. The topological polar surface area (TPSA) is 81.7 Å². The second-order valence-electron chi connectivity index (χ2n) is 5.07. The summed E-state index contributed by atoms with van der Waals surface area (Å²) in [6.45, 7) is 2.94. The lowest BCUT2D eigenvalue weighted by molar-refractivity contribution is -0.150. The molecule has 0 saturated carbocycles. The van der Waals surface area contributed by atoms with Gasteiger partial charge in [-0.25, -0.2) is 4.79 Å². The van der Waals surface area contributed by atoms with Gasteiger partial charge in [-0.05, 0) is 42.5 Å². The molecule has 6 nitrogen and oxygen atoms in total. The molecule has 0 fully saturated rings. The fourth-order valence-electron chi connectivity index (χ4n) is 1.82. The number of imide groups is 1. The Morgan fingerprint density at radius 2 is 1.92 bits per heavy atom. The van der Waals surface area contributed by atoms with Crippen LogP contribution in [0.5, 0.6) is 5.75 Å². The summed E-state index contributed by atoms with van der Waals surface area (Å²) in [7, 11) is 0. The molecule has 2 rings (SSSR count). The first-order chi connectivity index (χ1) is 11.5. The molecule has 7 heteroatoms. The SMILES string of the molecule is Cc1ccc(C)c(OCC(=O)OCC(=O)NC(=O)c2cccs2)c1. The number of carbonyl (C=O) groups is 3. The molecule has 0 bridgehead atoms. The second-order valence-corrected chi connectivity index (χ2v) is 6.02. The highest BCUT2D eigenvalue weighted by atomic mass is 32.1. The number of hydrogen-bond donors (Lipinski definition) is 1. The normalized spacial score (nSPS) is 10.1. The van der Waals surface area contributed by atoms with E-state index in [0.29, 0.717) is 10.6 Å². The van der Waals surface area contributed by atoms with Crippen LogP contribution in [0.25, 0.3) is 0 Å². The number of nitrogens with one attached hydrogen (secondary N) is 1. The van der Waals surface area contributed by atoms with Crippen molar-refractivity contribution in [3.8, 4) is 5.75 Å². The monoisotopic (exact) mass is 347 g/mol. The summed E-state index contributed by atoms with van der Waals surface area (Å²) >= 11 is 1.21. The molecule has 0 atom stereocenters. The maximum atomic E-state index is 11.7.